The third-order valence-corrected chi connectivity index (χ3v) is 5.97. The summed E-state index contributed by atoms with van der Waals surface area (Å²) in [5.41, 5.74) is 2.97. The number of hydrogen-bond acceptors (Lipinski definition) is 5. The highest BCUT2D eigenvalue weighted by molar-refractivity contribution is 7.90. The highest BCUT2D eigenvalue weighted by atomic mass is 32.2. The molecule has 3 rings (SSSR count). The van der Waals surface area contributed by atoms with Crippen LogP contribution in [-0.2, 0) is 15.4 Å². The molecule has 8 heteroatoms. The van der Waals surface area contributed by atoms with Crippen molar-refractivity contribution in [3.05, 3.63) is 47.3 Å². The lowest BCUT2D eigenvalue weighted by atomic mass is 10.0. The summed E-state index contributed by atoms with van der Waals surface area (Å²) in [5, 5.41) is 8.25. The second-order valence-corrected chi connectivity index (χ2v) is 10.9. The van der Waals surface area contributed by atoms with E-state index in [4.69, 9.17) is 4.98 Å². The number of rotatable bonds is 4. The van der Waals surface area contributed by atoms with Crippen LogP contribution in [0.25, 0.3) is 11.0 Å². The van der Waals surface area contributed by atoms with E-state index >= 15 is 0 Å². The van der Waals surface area contributed by atoms with Crippen molar-refractivity contribution in [1.29, 1.82) is 0 Å². The molecule has 0 unspecified atom stereocenters. The first kappa shape index (κ1) is 22.0. The van der Waals surface area contributed by atoms with Crippen LogP contribution in [0, 0.1) is 6.92 Å². The Hall–Kier alpha value is -2.74. The van der Waals surface area contributed by atoms with Gasteiger partial charge in [-0.05, 0) is 63.9 Å². The predicted octanol–water partition coefficient (Wildman–Crippen LogP) is 4.27. The molecule has 0 saturated heterocycles. The third-order valence-electron chi connectivity index (χ3n) is 4.84. The van der Waals surface area contributed by atoms with E-state index in [0.29, 0.717) is 16.9 Å². The maximum atomic E-state index is 13.2. The number of anilines is 1. The number of aryl methyl sites for hydroxylation is 1. The number of carbonyl (C=O) groups is 1. The number of nitrogens with one attached hydrogen (secondary N) is 1. The number of sulfone groups is 1. The number of benzene rings is 1. The van der Waals surface area contributed by atoms with Gasteiger partial charge in [-0.15, -0.1) is 0 Å². The molecule has 3 aromatic rings. The van der Waals surface area contributed by atoms with Crippen molar-refractivity contribution in [2.45, 2.75) is 57.9 Å². The van der Waals surface area contributed by atoms with Gasteiger partial charge in [-0.1, -0.05) is 13.8 Å². The SMILES string of the molecule is Cc1nn(C(C)(C)C)c2nc(C(C)C)cc(C(=O)Nc3ccc(S(C)(=O)=O)cc3)c12. The normalized spacial score (nSPS) is 12.5. The van der Waals surface area contributed by atoms with E-state index in [1.54, 1.807) is 12.1 Å². The number of fused-ring (bicyclic) bond motifs is 1. The first-order valence-corrected chi connectivity index (χ1v) is 11.7. The molecule has 0 fully saturated rings. The van der Waals surface area contributed by atoms with Crippen LogP contribution in [0.15, 0.2) is 35.2 Å². The lowest BCUT2D eigenvalue weighted by molar-refractivity contribution is 0.102. The van der Waals surface area contributed by atoms with E-state index in [1.165, 1.54) is 12.1 Å². The number of aromatic nitrogens is 3. The molecule has 0 saturated carbocycles. The third kappa shape index (κ3) is 4.23. The van der Waals surface area contributed by atoms with Crippen molar-refractivity contribution >= 4 is 32.5 Å². The van der Waals surface area contributed by atoms with Crippen molar-refractivity contribution in [3.63, 3.8) is 0 Å². The Balaban J connectivity index is 2.10. The molecule has 1 amide bonds. The minimum atomic E-state index is -3.29. The molecule has 7 nitrogen and oxygen atoms in total. The van der Waals surface area contributed by atoms with Crippen LogP contribution in [0.5, 0.6) is 0 Å². The second-order valence-electron chi connectivity index (χ2n) is 8.87. The van der Waals surface area contributed by atoms with Crippen molar-refractivity contribution in [2.75, 3.05) is 11.6 Å². The van der Waals surface area contributed by atoms with E-state index in [0.717, 1.165) is 23.0 Å². The van der Waals surface area contributed by atoms with Gasteiger partial charge in [-0.2, -0.15) is 5.10 Å². The molecule has 2 aromatic heterocycles. The topological polar surface area (TPSA) is 93.9 Å². The molecule has 2 heterocycles. The molecule has 0 aliphatic heterocycles. The molecule has 0 aliphatic rings. The second kappa shape index (κ2) is 7.50. The molecule has 0 aliphatic carbocycles. The van der Waals surface area contributed by atoms with Crippen LogP contribution in [0.2, 0.25) is 0 Å². The monoisotopic (exact) mass is 428 g/mol. The van der Waals surface area contributed by atoms with Gasteiger partial charge in [0.2, 0.25) is 0 Å². The van der Waals surface area contributed by atoms with Crippen LogP contribution in [0.3, 0.4) is 0 Å². The molecule has 0 bridgehead atoms. The highest BCUT2D eigenvalue weighted by Crippen LogP contribution is 2.29. The van der Waals surface area contributed by atoms with Crippen molar-refractivity contribution < 1.29 is 13.2 Å². The Kier molecular flexibility index (Phi) is 5.49. The maximum Gasteiger partial charge on any atom is 0.256 e. The number of carbonyl (C=O) groups excluding carboxylic acids is 1. The van der Waals surface area contributed by atoms with Crippen LogP contribution >= 0.6 is 0 Å². The van der Waals surface area contributed by atoms with Crippen LogP contribution < -0.4 is 5.32 Å². The van der Waals surface area contributed by atoms with E-state index in [1.807, 2.05) is 52.3 Å². The van der Waals surface area contributed by atoms with E-state index in [-0.39, 0.29) is 22.3 Å². The van der Waals surface area contributed by atoms with E-state index in [9.17, 15) is 13.2 Å². The molecular formula is C22H28N4O3S. The molecule has 0 atom stereocenters. The van der Waals surface area contributed by atoms with Gasteiger partial charge in [0, 0.05) is 17.6 Å². The zero-order chi connectivity index (χ0) is 22.4. The summed E-state index contributed by atoms with van der Waals surface area (Å²) in [6, 6.07) is 7.95. The van der Waals surface area contributed by atoms with Crippen molar-refractivity contribution in [3.8, 4) is 0 Å². The molecule has 1 N–H and O–H groups in total. The molecule has 0 spiro atoms. The number of amides is 1. The maximum absolute atomic E-state index is 13.2. The largest absolute Gasteiger partial charge is 0.322 e. The zero-order valence-electron chi connectivity index (χ0n) is 18.4. The fourth-order valence-electron chi connectivity index (χ4n) is 3.23. The van der Waals surface area contributed by atoms with E-state index < -0.39 is 9.84 Å². The van der Waals surface area contributed by atoms with Crippen molar-refractivity contribution in [1.82, 2.24) is 14.8 Å². The molecule has 1 aromatic carbocycles. The Morgan fingerprint density at radius 3 is 2.23 bits per heavy atom. The van der Waals surface area contributed by atoms with Gasteiger partial charge in [0.25, 0.3) is 5.91 Å². The highest BCUT2D eigenvalue weighted by Gasteiger charge is 2.25. The predicted molar refractivity (Wildman–Crippen MR) is 119 cm³/mol. The Labute approximate surface area is 177 Å². The Morgan fingerprint density at radius 2 is 1.73 bits per heavy atom. The Bertz CT molecular complexity index is 1220. The van der Waals surface area contributed by atoms with Gasteiger partial charge in [-0.25, -0.2) is 18.1 Å². The first-order chi connectivity index (χ1) is 13.8. The molecule has 160 valence electrons. The summed E-state index contributed by atoms with van der Waals surface area (Å²) >= 11 is 0. The van der Waals surface area contributed by atoms with Gasteiger partial charge >= 0.3 is 0 Å². The minimum absolute atomic E-state index is 0.138. The number of nitrogens with zero attached hydrogens (tertiary/aromatic N) is 3. The fraction of sp³-hybridized carbons (Fsp3) is 0.409. The smallest absolute Gasteiger partial charge is 0.256 e. The van der Waals surface area contributed by atoms with E-state index in [2.05, 4.69) is 10.4 Å². The number of hydrogen-bond donors (Lipinski definition) is 1. The van der Waals surface area contributed by atoms with Crippen molar-refractivity contribution in [2.24, 2.45) is 0 Å². The van der Waals surface area contributed by atoms with Crippen LogP contribution in [0.1, 0.15) is 62.3 Å². The summed E-state index contributed by atoms with van der Waals surface area (Å²) in [6.07, 6.45) is 1.15. The van der Waals surface area contributed by atoms with Gasteiger partial charge < -0.3 is 5.32 Å². The summed E-state index contributed by atoms with van der Waals surface area (Å²) in [6.45, 7) is 12.1. The molecule has 30 heavy (non-hydrogen) atoms. The zero-order valence-corrected chi connectivity index (χ0v) is 19.3. The van der Waals surface area contributed by atoms with Gasteiger partial charge in [-0.3, -0.25) is 4.79 Å². The summed E-state index contributed by atoms with van der Waals surface area (Å²) in [7, 11) is -3.29. The first-order valence-electron chi connectivity index (χ1n) is 9.81. The van der Waals surface area contributed by atoms with Gasteiger partial charge in [0.05, 0.1) is 27.1 Å². The number of pyridine rings is 1. The average molecular weight is 429 g/mol. The minimum Gasteiger partial charge on any atom is -0.322 e. The summed E-state index contributed by atoms with van der Waals surface area (Å²) in [5.74, 6) is -0.147. The average Bonchev–Trinajstić information content (AvgIpc) is 2.98. The quantitative estimate of drug-likeness (QED) is 0.670. The van der Waals surface area contributed by atoms with Gasteiger partial charge in [0.15, 0.2) is 15.5 Å². The Morgan fingerprint density at radius 1 is 1.13 bits per heavy atom. The van der Waals surface area contributed by atoms with Crippen LogP contribution in [-0.4, -0.2) is 35.3 Å². The fourth-order valence-corrected chi connectivity index (χ4v) is 3.87. The standard InChI is InChI=1S/C22H28N4O3S/c1-13(2)18-12-17(19-14(3)25-26(20(19)24-18)22(4,5)6)21(27)23-15-8-10-16(11-9-15)30(7,28)29/h8-13H,1-7H3,(H,23,27). The molecule has 0 radical (unpaired) electrons. The lowest BCUT2D eigenvalue weighted by Gasteiger charge is -2.20. The summed E-state index contributed by atoms with van der Waals surface area (Å²) in [4.78, 5) is 18.2. The summed E-state index contributed by atoms with van der Waals surface area (Å²) < 4.78 is 25.2. The molecular weight excluding hydrogens is 400 g/mol. The van der Waals surface area contributed by atoms with Gasteiger partial charge in [0.1, 0.15) is 0 Å². The van der Waals surface area contributed by atoms with Crippen LogP contribution in [0.4, 0.5) is 5.69 Å². The lowest BCUT2D eigenvalue weighted by Crippen LogP contribution is -2.24.